The van der Waals surface area contributed by atoms with E-state index in [1.165, 1.54) is 0 Å². The number of morpholine rings is 1. The fraction of sp³-hybridized carbons (Fsp3) is 0.261. The third kappa shape index (κ3) is 4.93. The molecule has 7 nitrogen and oxygen atoms in total. The maximum atomic E-state index is 12.6. The molecule has 154 valence electrons. The Morgan fingerprint density at radius 3 is 2.60 bits per heavy atom. The van der Waals surface area contributed by atoms with E-state index in [1.807, 2.05) is 36.4 Å². The number of nitrogens with two attached hydrogens (primary N) is 1. The molecule has 3 N–H and O–H groups in total. The summed E-state index contributed by atoms with van der Waals surface area (Å²) in [6.07, 6.45) is 3.68. The monoisotopic (exact) mass is 403 g/mol. The van der Waals surface area contributed by atoms with Gasteiger partial charge in [0.1, 0.15) is 0 Å². The maximum absolute atomic E-state index is 12.6. The number of carbonyl (C=O) groups excluding carboxylic acids is 1. The molecule has 7 heteroatoms. The van der Waals surface area contributed by atoms with E-state index >= 15 is 0 Å². The predicted octanol–water partition coefficient (Wildman–Crippen LogP) is 2.42. The fourth-order valence-electron chi connectivity index (χ4n) is 3.56. The van der Waals surface area contributed by atoms with Gasteiger partial charge in [0.15, 0.2) is 0 Å². The second kappa shape index (κ2) is 9.37. The zero-order valence-electron chi connectivity index (χ0n) is 16.8. The van der Waals surface area contributed by atoms with Crippen LogP contribution in [0.3, 0.4) is 0 Å². The molecule has 0 spiro atoms. The summed E-state index contributed by atoms with van der Waals surface area (Å²) < 4.78 is 5.45. The van der Waals surface area contributed by atoms with Gasteiger partial charge in [0.2, 0.25) is 11.9 Å². The first-order valence-corrected chi connectivity index (χ1v) is 10.0. The Hall–Kier alpha value is -3.45. The lowest BCUT2D eigenvalue weighted by Gasteiger charge is -2.30. The first kappa shape index (κ1) is 19.8. The largest absolute Gasteiger partial charge is 0.378 e. The zero-order chi connectivity index (χ0) is 20.8. The van der Waals surface area contributed by atoms with E-state index in [4.69, 9.17) is 10.5 Å². The Morgan fingerprint density at radius 1 is 1.03 bits per heavy atom. The number of nitrogens with zero attached hydrogens (tertiary/aromatic N) is 3. The lowest BCUT2D eigenvalue weighted by atomic mass is 10.0. The number of nitrogens with one attached hydrogen (secondary N) is 1. The number of rotatable bonds is 6. The van der Waals surface area contributed by atoms with E-state index < -0.39 is 0 Å². The highest BCUT2D eigenvalue weighted by Crippen LogP contribution is 2.22. The van der Waals surface area contributed by atoms with Crippen molar-refractivity contribution in [3.8, 4) is 11.1 Å². The Balaban J connectivity index is 1.39. The average molecular weight is 403 g/mol. The molecule has 1 aromatic heterocycles. The van der Waals surface area contributed by atoms with Crippen LogP contribution in [0.4, 0.5) is 11.6 Å². The van der Waals surface area contributed by atoms with Crippen molar-refractivity contribution in [3.63, 3.8) is 0 Å². The van der Waals surface area contributed by atoms with Gasteiger partial charge in [-0.1, -0.05) is 42.5 Å². The molecule has 0 saturated carbocycles. The van der Waals surface area contributed by atoms with Crippen LogP contribution in [0.25, 0.3) is 11.1 Å². The normalized spacial score (nSPS) is 13.8. The molecule has 2 aromatic carbocycles. The van der Waals surface area contributed by atoms with Crippen LogP contribution in [0.5, 0.6) is 0 Å². The van der Waals surface area contributed by atoms with Crippen LogP contribution in [0.2, 0.25) is 0 Å². The Kier molecular flexibility index (Phi) is 6.20. The van der Waals surface area contributed by atoms with E-state index in [9.17, 15) is 4.79 Å². The van der Waals surface area contributed by atoms with Crippen molar-refractivity contribution in [2.24, 2.45) is 0 Å². The molecule has 0 bridgehead atoms. The summed E-state index contributed by atoms with van der Waals surface area (Å²) in [6, 6.07) is 16.0. The molecular formula is C23H25N5O2. The van der Waals surface area contributed by atoms with Crippen LogP contribution in [0.15, 0.2) is 60.9 Å². The summed E-state index contributed by atoms with van der Waals surface area (Å²) in [5, 5.41) is 3.06. The third-order valence-electron chi connectivity index (χ3n) is 5.12. The lowest BCUT2D eigenvalue weighted by molar-refractivity contribution is -0.120. The molecular weight excluding hydrogens is 378 g/mol. The summed E-state index contributed by atoms with van der Waals surface area (Å²) in [5.74, 6) is 0.226. The highest BCUT2D eigenvalue weighted by molar-refractivity contribution is 5.79. The minimum absolute atomic E-state index is 0.0162. The molecule has 1 aliphatic rings. The Labute approximate surface area is 175 Å². The molecule has 4 rings (SSSR count). The predicted molar refractivity (Wildman–Crippen MR) is 117 cm³/mol. The van der Waals surface area contributed by atoms with Crippen molar-refractivity contribution in [1.82, 2.24) is 15.3 Å². The molecule has 1 amide bonds. The first-order valence-electron chi connectivity index (χ1n) is 10.0. The van der Waals surface area contributed by atoms with Crippen molar-refractivity contribution in [2.75, 3.05) is 36.9 Å². The van der Waals surface area contributed by atoms with Crippen LogP contribution in [0, 0.1) is 0 Å². The molecule has 30 heavy (non-hydrogen) atoms. The summed E-state index contributed by atoms with van der Waals surface area (Å²) in [4.78, 5) is 23.0. The van der Waals surface area contributed by atoms with Gasteiger partial charge in [-0.15, -0.1) is 0 Å². The Morgan fingerprint density at radius 2 is 1.80 bits per heavy atom. The second-order valence-electron chi connectivity index (χ2n) is 7.21. The van der Waals surface area contributed by atoms with Crippen LogP contribution < -0.4 is 16.0 Å². The summed E-state index contributed by atoms with van der Waals surface area (Å²) >= 11 is 0. The number of aromatic nitrogens is 2. The second-order valence-corrected chi connectivity index (χ2v) is 7.21. The van der Waals surface area contributed by atoms with E-state index in [1.54, 1.807) is 12.4 Å². The number of hydrogen-bond acceptors (Lipinski definition) is 6. The van der Waals surface area contributed by atoms with Crippen molar-refractivity contribution >= 4 is 17.5 Å². The van der Waals surface area contributed by atoms with Gasteiger partial charge in [0.25, 0.3) is 0 Å². The van der Waals surface area contributed by atoms with E-state index in [0.29, 0.717) is 13.0 Å². The minimum Gasteiger partial charge on any atom is -0.378 e. The summed E-state index contributed by atoms with van der Waals surface area (Å²) in [6.45, 7) is 3.70. The molecule has 0 radical (unpaired) electrons. The molecule has 0 aliphatic carbocycles. The molecule has 1 aliphatic heterocycles. The van der Waals surface area contributed by atoms with Crippen LogP contribution >= 0.6 is 0 Å². The number of ether oxygens (including phenoxy) is 1. The quantitative estimate of drug-likeness (QED) is 0.657. The minimum atomic E-state index is -0.0162. The number of benzene rings is 2. The topological polar surface area (TPSA) is 93.4 Å². The maximum Gasteiger partial charge on any atom is 0.224 e. The fourth-order valence-corrected chi connectivity index (χ4v) is 3.56. The molecule has 3 aromatic rings. The van der Waals surface area contributed by atoms with E-state index in [2.05, 4.69) is 32.3 Å². The average Bonchev–Trinajstić information content (AvgIpc) is 2.79. The van der Waals surface area contributed by atoms with Crippen LogP contribution in [-0.2, 0) is 22.5 Å². The first-order chi connectivity index (χ1) is 14.7. The van der Waals surface area contributed by atoms with Crippen molar-refractivity contribution in [2.45, 2.75) is 13.0 Å². The number of carbonyl (C=O) groups is 1. The van der Waals surface area contributed by atoms with Gasteiger partial charge in [-0.05, 0) is 22.8 Å². The number of anilines is 2. The number of para-hydroxylation sites is 1. The van der Waals surface area contributed by atoms with E-state index in [0.717, 1.165) is 54.2 Å². The van der Waals surface area contributed by atoms with Gasteiger partial charge in [0.05, 0.1) is 19.6 Å². The van der Waals surface area contributed by atoms with Crippen molar-refractivity contribution < 1.29 is 9.53 Å². The smallest absolute Gasteiger partial charge is 0.224 e. The van der Waals surface area contributed by atoms with Crippen molar-refractivity contribution in [1.29, 1.82) is 0 Å². The van der Waals surface area contributed by atoms with E-state index in [-0.39, 0.29) is 11.9 Å². The zero-order valence-corrected chi connectivity index (χ0v) is 16.8. The van der Waals surface area contributed by atoms with Gasteiger partial charge in [-0.25, -0.2) is 9.97 Å². The van der Waals surface area contributed by atoms with Gasteiger partial charge >= 0.3 is 0 Å². The summed E-state index contributed by atoms with van der Waals surface area (Å²) in [7, 11) is 0. The summed E-state index contributed by atoms with van der Waals surface area (Å²) in [5.41, 5.74) is 10.6. The standard InChI is InChI=1S/C23H25N5O2/c24-23-26-15-20(16-27-23)18-6-3-4-17(12-18)13-22(29)25-14-19-5-1-2-7-21(19)28-8-10-30-11-9-28/h1-7,12,15-16H,8-11,13-14H2,(H,25,29)(H2,24,26,27). The molecule has 1 fully saturated rings. The Bertz CT molecular complexity index is 1000. The van der Waals surface area contributed by atoms with Gasteiger partial charge in [-0.2, -0.15) is 0 Å². The van der Waals surface area contributed by atoms with Crippen molar-refractivity contribution in [3.05, 3.63) is 72.1 Å². The highest BCUT2D eigenvalue weighted by atomic mass is 16.5. The molecule has 2 heterocycles. The number of amides is 1. The SMILES string of the molecule is Nc1ncc(-c2cccc(CC(=O)NCc3ccccc3N3CCOCC3)c2)cn1. The number of hydrogen-bond donors (Lipinski definition) is 2. The lowest BCUT2D eigenvalue weighted by Crippen LogP contribution is -2.37. The van der Waals surface area contributed by atoms with Crippen LogP contribution in [0.1, 0.15) is 11.1 Å². The van der Waals surface area contributed by atoms with Gasteiger partial charge < -0.3 is 20.7 Å². The van der Waals surface area contributed by atoms with Crippen LogP contribution in [-0.4, -0.2) is 42.2 Å². The molecule has 1 saturated heterocycles. The molecule has 0 unspecified atom stereocenters. The van der Waals surface area contributed by atoms with Gasteiger partial charge in [0, 0.05) is 43.3 Å². The number of nitrogen functional groups attached to an aromatic ring is 1. The third-order valence-corrected chi connectivity index (χ3v) is 5.12. The highest BCUT2D eigenvalue weighted by Gasteiger charge is 2.15. The molecule has 0 atom stereocenters. The van der Waals surface area contributed by atoms with Gasteiger partial charge in [-0.3, -0.25) is 4.79 Å².